The van der Waals surface area contributed by atoms with Crippen LogP contribution in [-0.4, -0.2) is 23.9 Å². The first-order valence-corrected chi connectivity index (χ1v) is 6.24. The van der Waals surface area contributed by atoms with Crippen LogP contribution in [0.15, 0.2) is 47.1 Å². The molecular formula is C15H15NO2. The molecule has 0 spiro atoms. The fourth-order valence-electron chi connectivity index (χ4n) is 2.43. The van der Waals surface area contributed by atoms with Gasteiger partial charge in [-0.2, -0.15) is 0 Å². The van der Waals surface area contributed by atoms with Gasteiger partial charge in [-0.15, -0.1) is 0 Å². The van der Waals surface area contributed by atoms with Crippen molar-refractivity contribution in [2.45, 2.75) is 12.8 Å². The zero-order valence-corrected chi connectivity index (χ0v) is 10.1. The SMILES string of the molecule is O=C(c1ccco1)N1CCc2ccccc2CC1. The topological polar surface area (TPSA) is 33.5 Å². The first-order chi connectivity index (χ1) is 8.84. The molecule has 0 N–H and O–H groups in total. The van der Waals surface area contributed by atoms with Gasteiger partial charge in [0.2, 0.25) is 0 Å². The van der Waals surface area contributed by atoms with Crippen LogP contribution in [0.25, 0.3) is 0 Å². The third-order valence-corrected chi connectivity index (χ3v) is 3.44. The van der Waals surface area contributed by atoms with E-state index in [1.54, 1.807) is 18.4 Å². The van der Waals surface area contributed by atoms with Gasteiger partial charge in [0.05, 0.1) is 6.26 Å². The number of furan rings is 1. The first kappa shape index (κ1) is 11.1. The number of fused-ring (bicyclic) bond motifs is 1. The summed E-state index contributed by atoms with van der Waals surface area (Å²) < 4.78 is 5.18. The van der Waals surface area contributed by atoms with Crippen molar-refractivity contribution in [3.8, 4) is 0 Å². The molecular weight excluding hydrogens is 226 g/mol. The van der Waals surface area contributed by atoms with E-state index in [1.165, 1.54) is 11.1 Å². The highest BCUT2D eigenvalue weighted by Crippen LogP contribution is 2.17. The van der Waals surface area contributed by atoms with Gasteiger partial charge in [-0.1, -0.05) is 24.3 Å². The number of rotatable bonds is 1. The number of benzene rings is 1. The minimum atomic E-state index is -0.00666. The molecule has 1 aliphatic rings. The number of nitrogens with zero attached hydrogens (tertiary/aromatic N) is 1. The van der Waals surface area contributed by atoms with Gasteiger partial charge in [0.1, 0.15) is 0 Å². The lowest BCUT2D eigenvalue weighted by Crippen LogP contribution is -2.33. The predicted molar refractivity (Wildman–Crippen MR) is 68.5 cm³/mol. The maximum Gasteiger partial charge on any atom is 0.289 e. The highest BCUT2D eigenvalue weighted by atomic mass is 16.3. The van der Waals surface area contributed by atoms with E-state index in [2.05, 4.69) is 24.3 Å². The molecule has 1 aromatic heterocycles. The Balaban J connectivity index is 1.77. The van der Waals surface area contributed by atoms with E-state index in [4.69, 9.17) is 4.42 Å². The van der Waals surface area contributed by atoms with Crippen molar-refractivity contribution in [1.29, 1.82) is 0 Å². The van der Waals surface area contributed by atoms with E-state index < -0.39 is 0 Å². The Kier molecular flexibility index (Phi) is 2.89. The van der Waals surface area contributed by atoms with Crippen LogP contribution >= 0.6 is 0 Å². The van der Waals surface area contributed by atoms with Gasteiger partial charge in [0.25, 0.3) is 5.91 Å². The molecule has 2 aromatic rings. The Morgan fingerprint density at radius 3 is 2.22 bits per heavy atom. The van der Waals surface area contributed by atoms with Crippen LogP contribution in [-0.2, 0) is 12.8 Å². The molecule has 0 atom stereocenters. The van der Waals surface area contributed by atoms with Gasteiger partial charge >= 0.3 is 0 Å². The van der Waals surface area contributed by atoms with E-state index in [1.807, 2.05) is 4.90 Å². The summed E-state index contributed by atoms with van der Waals surface area (Å²) in [6, 6.07) is 11.9. The van der Waals surface area contributed by atoms with Gasteiger partial charge in [0, 0.05) is 13.1 Å². The van der Waals surface area contributed by atoms with Gasteiger partial charge in [0.15, 0.2) is 5.76 Å². The minimum absolute atomic E-state index is 0.00666. The number of carbonyl (C=O) groups is 1. The van der Waals surface area contributed by atoms with E-state index in [0.717, 1.165) is 25.9 Å². The van der Waals surface area contributed by atoms with Crippen molar-refractivity contribution >= 4 is 5.91 Å². The number of hydrogen-bond donors (Lipinski definition) is 0. The van der Waals surface area contributed by atoms with Crippen molar-refractivity contribution in [3.63, 3.8) is 0 Å². The Hall–Kier alpha value is -2.03. The summed E-state index contributed by atoms with van der Waals surface area (Å²) in [7, 11) is 0. The number of amides is 1. The van der Waals surface area contributed by atoms with Crippen LogP contribution < -0.4 is 0 Å². The molecule has 2 heterocycles. The highest BCUT2D eigenvalue weighted by Gasteiger charge is 2.20. The van der Waals surface area contributed by atoms with Crippen molar-refractivity contribution in [1.82, 2.24) is 4.90 Å². The zero-order valence-electron chi connectivity index (χ0n) is 10.1. The van der Waals surface area contributed by atoms with Gasteiger partial charge in [-0.25, -0.2) is 0 Å². The third-order valence-electron chi connectivity index (χ3n) is 3.44. The fourth-order valence-corrected chi connectivity index (χ4v) is 2.43. The largest absolute Gasteiger partial charge is 0.459 e. The molecule has 0 bridgehead atoms. The Morgan fingerprint density at radius 2 is 1.67 bits per heavy atom. The van der Waals surface area contributed by atoms with Crippen molar-refractivity contribution in [2.75, 3.05) is 13.1 Å². The second-order valence-electron chi connectivity index (χ2n) is 4.54. The molecule has 0 aliphatic carbocycles. The molecule has 1 aliphatic heterocycles. The lowest BCUT2D eigenvalue weighted by atomic mass is 10.0. The molecule has 1 amide bonds. The van der Waals surface area contributed by atoms with E-state index in [-0.39, 0.29) is 5.91 Å². The lowest BCUT2D eigenvalue weighted by Gasteiger charge is -2.18. The molecule has 0 radical (unpaired) electrons. The lowest BCUT2D eigenvalue weighted by molar-refractivity contribution is 0.0731. The Bertz CT molecular complexity index is 518. The summed E-state index contributed by atoms with van der Waals surface area (Å²) in [5, 5.41) is 0. The summed E-state index contributed by atoms with van der Waals surface area (Å²) >= 11 is 0. The van der Waals surface area contributed by atoms with Gasteiger partial charge in [-0.3, -0.25) is 4.79 Å². The summed E-state index contributed by atoms with van der Waals surface area (Å²) in [5.41, 5.74) is 2.71. The van der Waals surface area contributed by atoms with Crippen LogP contribution in [0.5, 0.6) is 0 Å². The molecule has 3 rings (SSSR count). The van der Waals surface area contributed by atoms with Crippen LogP contribution in [0.2, 0.25) is 0 Å². The molecule has 18 heavy (non-hydrogen) atoms. The van der Waals surface area contributed by atoms with Crippen LogP contribution in [0.4, 0.5) is 0 Å². The quantitative estimate of drug-likeness (QED) is 0.768. The van der Waals surface area contributed by atoms with Crippen LogP contribution in [0, 0.1) is 0 Å². The van der Waals surface area contributed by atoms with Crippen LogP contribution in [0.3, 0.4) is 0 Å². The van der Waals surface area contributed by atoms with Crippen molar-refractivity contribution in [2.24, 2.45) is 0 Å². The summed E-state index contributed by atoms with van der Waals surface area (Å²) in [4.78, 5) is 14.1. The van der Waals surface area contributed by atoms with Crippen molar-refractivity contribution < 1.29 is 9.21 Å². The van der Waals surface area contributed by atoms with Gasteiger partial charge in [-0.05, 0) is 36.1 Å². The standard InChI is InChI=1S/C15H15NO2/c17-15(14-6-3-11-18-14)16-9-7-12-4-1-2-5-13(12)8-10-16/h1-6,11H,7-10H2. The highest BCUT2D eigenvalue weighted by molar-refractivity contribution is 5.91. The average Bonchev–Trinajstić information content (AvgIpc) is 2.85. The molecule has 0 unspecified atom stereocenters. The minimum Gasteiger partial charge on any atom is -0.459 e. The van der Waals surface area contributed by atoms with E-state index in [0.29, 0.717) is 5.76 Å². The molecule has 3 nitrogen and oxygen atoms in total. The molecule has 1 aromatic carbocycles. The maximum atomic E-state index is 12.2. The summed E-state index contributed by atoms with van der Waals surface area (Å²) in [5.74, 6) is 0.425. The first-order valence-electron chi connectivity index (χ1n) is 6.24. The summed E-state index contributed by atoms with van der Waals surface area (Å²) in [6.07, 6.45) is 3.38. The van der Waals surface area contributed by atoms with Crippen LogP contribution in [0.1, 0.15) is 21.7 Å². The monoisotopic (exact) mass is 241 g/mol. The summed E-state index contributed by atoms with van der Waals surface area (Å²) in [6.45, 7) is 1.52. The Morgan fingerprint density at radius 1 is 1.00 bits per heavy atom. The normalized spacial score (nSPS) is 15.0. The third kappa shape index (κ3) is 2.04. The number of carbonyl (C=O) groups excluding carboxylic acids is 1. The Labute approximate surface area is 106 Å². The molecule has 3 heteroatoms. The smallest absolute Gasteiger partial charge is 0.289 e. The van der Waals surface area contributed by atoms with E-state index in [9.17, 15) is 4.79 Å². The predicted octanol–water partition coefficient (Wildman–Crippen LogP) is 2.52. The molecule has 0 saturated heterocycles. The zero-order chi connectivity index (χ0) is 12.4. The van der Waals surface area contributed by atoms with Crippen molar-refractivity contribution in [3.05, 3.63) is 59.5 Å². The maximum absolute atomic E-state index is 12.2. The fraction of sp³-hybridized carbons (Fsp3) is 0.267. The second-order valence-corrected chi connectivity index (χ2v) is 4.54. The number of hydrogen-bond acceptors (Lipinski definition) is 2. The average molecular weight is 241 g/mol. The molecule has 92 valence electrons. The molecule has 0 fully saturated rings. The second kappa shape index (κ2) is 4.69. The molecule has 0 saturated carbocycles. The van der Waals surface area contributed by atoms with Gasteiger partial charge < -0.3 is 9.32 Å². The van der Waals surface area contributed by atoms with E-state index >= 15 is 0 Å².